The molecule has 0 saturated carbocycles. The Morgan fingerprint density at radius 3 is 2.30 bits per heavy atom. The Kier molecular flexibility index (Phi) is 5.09. The summed E-state index contributed by atoms with van der Waals surface area (Å²) in [6.07, 6.45) is 0. The van der Waals surface area contributed by atoms with Crippen LogP contribution < -0.4 is 4.72 Å². The summed E-state index contributed by atoms with van der Waals surface area (Å²) in [5, 5.41) is 18.7. The lowest BCUT2D eigenvalue weighted by Gasteiger charge is -2.14. The number of alkyl halides is 2. The van der Waals surface area contributed by atoms with Gasteiger partial charge in [0.2, 0.25) is 10.0 Å². The molecule has 0 unspecified atom stereocenters. The van der Waals surface area contributed by atoms with E-state index in [1.54, 1.807) is 4.72 Å². The summed E-state index contributed by atoms with van der Waals surface area (Å²) in [7, 11) is -4.02. The SMILES string of the molecule is O=[N+]([O-])c1ccc(CS(=O)(=O)NCC(F)(F)CO)cc1. The molecule has 0 aliphatic rings. The van der Waals surface area contributed by atoms with Crippen molar-refractivity contribution in [1.82, 2.24) is 4.72 Å². The lowest BCUT2D eigenvalue weighted by atomic mass is 10.2. The lowest BCUT2D eigenvalue weighted by Crippen LogP contribution is -2.39. The number of aliphatic hydroxyl groups is 1. The summed E-state index contributed by atoms with van der Waals surface area (Å²) < 4.78 is 50.1. The Hall–Kier alpha value is -1.65. The minimum absolute atomic E-state index is 0.203. The highest BCUT2D eigenvalue weighted by molar-refractivity contribution is 7.88. The van der Waals surface area contributed by atoms with Crippen LogP contribution in [-0.2, 0) is 15.8 Å². The first-order chi connectivity index (χ1) is 9.15. The Morgan fingerprint density at radius 2 is 1.85 bits per heavy atom. The number of benzene rings is 1. The van der Waals surface area contributed by atoms with Gasteiger partial charge in [0.25, 0.3) is 11.6 Å². The number of hydrogen-bond acceptors (Lipinski definition) is 5. The molecule has 0 radical (unpaired) electrons. The predicted molar refractivity (Wildman–Crippen MR) is 65.8 cm³/mol. The van der Waals surface area contributed by atoms with Crippen LogP contribution in [0.2, 0.25) is 0 Å². The smallest absolute Gasteiger partial charge is 0.283 e. The van der Waals surface area contributed by atoms with Crippen molar-refractivity contribution in [2.45, 2.75) is 11.7 Å². The summed E-state index contributed by atoms with van der Waals surface area (Å²) in [5.74, 6) is -4.13. The third kappa shape index (κ3) is 5.15. The molecule has 1 rings (SSSR count). The van der Waals surface area contributed by atoms with Crippen molar-refractivity contribution in [2.75, 3.05) is 13.2 Å². The second kappa shape index (κ2) is 6.20. The molecule has 112 valence electrons. The Bertz CT molecular complexity index is 574. The molecule has 0 atom stereocenters. The van der Waals surface area contributed by atoms with Gasteiger partial charge in [0, 0.05) is 12.1 Å². The zero-order chi connectivity index (χ0) is 15.4. The largest absolute Gasteiger partial charge is 0.390 e. The third-order valence-corrected chi connectivity index (χ3v) is 3.58. The average molecular weight is 310 g/mol. The number of nitrogens with zero attached hydrogens (tertiary/aromatic N) is 1. The van der Waals surface area contributed by atoms with Crippen LogP contribution in [0.1, 0.15) is 5.56 Å². The highest BCUT2D eigenvalue weighted by Gasteiger charge is 2.29. The van der Waals surface area contributed by atoms with Crippen molar-refractivity contribution in [3.8, 4) is 0 Å². The fourth-order valence-electron chi connectivity index (χ4n) is 1.26. The van der Waals surface area contributed by atoms with Crippen molar-refractivity contribution < 1.29 is 27.2 Å². The standard InChI is InChI=1S/C10H12F2N2O5S/c11-10(12,7-15)6-13-20(18,19)5-8-1-3-9(4-2-8)14(16)17/h1-4,13,15H,5-7H2. The Morgan fingerprint density at radius 1 is 1.30 bits per heavy atom. The van der Waals surface area contributed by atoms with Crippen LogP contribution in [-0.4, -0.2) is 37.5 Å². The van der Waals surface area contributed by atoms with E-state index >= 15 is 0 Å². The number of rotatable bonds is 7. The van der Waals surface area contributed by atoms with E-state index in [4.69, 9.17) is 5.11 Å². The van der Waals surface area contributed by atoms with Gasteiger partial charge in [-0.2, -0.15) is 0 Å². The third-order valence-electron chi connectivity index (χ3n) is 2.29. The molecule has 0 heterocycles. The van der Waals surface area contributed by atoms with E-state index in [1.165, 1.54) is 12.1 Å². The summed E-state index contributed by atoms with van der Waals surface area (Å²) in [5.41, 5.74) is 0.0151. The molecule has 0 amide bonds. The fraction of sp³-hybridized carbons (Fsp3) is 0.400. The molecule has 0 bridgehead atoms. The van der Waals surface area contributed by atoms with E-state index in [-0.39, 0.29) is 11.3 Å². The number of non-ortho nitro benzene ring substituents is 1. The molecule has 0 aliphatic heterocycles. The summed E-state index contributed by atoms with van der Waals surface area (Å²) >= 11 is 0. The van der Waals surface area contributed by atoms with Gasteiger partial charge in [0.1, 0.15) is 6.61 Å². The fourth-order valence-corrected chi connectivity index (χ4v) is 2.42. The number of nitro groups is 1. The van der Waals surface area contributed by atoms with Crippen LogP contribution in [0.3, 0.4) is 0 Å². The minimum Gasteiger partial charge on any atom is -0.390 e. The maximum absolute atomic E-state index is 12.7. The molecule has 2 N–H and O–H groups in total. The van der Waals surface area contributed by atoms with Crippen molar-refractivity contribution >= 4 is 15.7 Å². The van der Waals surface area contributed by atoms with Gasteiger partial charge in [0.05, 0.1) is 17.2 Å². The van der Waals surface area contributed by atoms with Crippen LogP contribution in [0.5, 0.6) is 0 Å². The maximum atomic E-state index is 12.7. The molecular formula is C10H12F2N2O5S. The Balaban J connectivity index is 2.69. The Labute approximate surface area is 113 Å². The van der Waals surface area contributed by atoms with Gasteiger partial charge in [-0.25, -0.2) is 21.9 Å². The monoisotopic (exact) mass is 310 g/mol. The van der Waals surface area contributed by atoms with Crippen molar-refractivity contribution in [3.05, 3.63) is 39.9 Å². The van der Waals surface area contributed by atoms with E-state index in [0.29, 0.717) is 0 Å². The van der Waals surface area contributed by atoms with Crippen molar-refractivity contribution in [1.29, 1.82) is 0 Å². The van der Waals surface area contributed by atoms with Gasteiger partial charge >= 0.3 is 0 Å². The van der Waals surface area contributed by atoms with Gasteiger partial charge in [-0.05, 0) is 5.56 Å². The number of nitro benzene ring substituents is 1. The quantitative estimate of drug-likeness (QED) is 0.567. The van der Waals surface area contributed by atoms with E-state index in [9.17, 15) is 27.3 Å². The lowest BCUT2D eigenvalue weighted by molar-refractivity contribution is -0.384. The highest BCUT2D eigenvalue weighted by atomic mass is 32.2. The summed E-state index contributed by atoms with van der Waals surface area (Å²) in [6.45, 7) is -2.67. The first-order valence-electron chi connectivity index (χ1n) is 5.34. The molecule has 0 aromatic heterocycles. The molecule has 0 fully saturated rings. The number of halogens is 2. The molecule has 7 nitrogen and oxygen atoms in total. The van der Waals surface area contributed by atoms with Gasteiger partial charge in [0.15, 0.2) is 0 Å². The molecule has 0 saturated heterocycles. The van der Waals surface area contributed by atoms with Crippen molar-refractivity contribution in [2.24, 2.45) is 0 Å². The second-order valence-corrected chi connectivity index (χ2v) is 5.82. The van der Waals surface area contributed by atoms with E-state index in [1.807, 2.05) is 0 Å². The van der Waals surface area contributed by atoms with Crippen molar-refractivity contribution in [3.63, 3.8) is 0 Å². The summed E-state index contributed by atoms with van der Waals surface area (Å²) in [6, 6.07) is 4.68. The van der Waals surface area contributed by atoms with Gasteiger partial charge in [-0.3, -0.25) is 10.1 Å². The maximum Gasteiger partial charge on any atom is 0.283 e. The van der Waals surface area contributed by atoms with E-state index in [2.05, 4.69) is 0 Å². The van der Waals surface area contributed by atoms with Crippen LogP contribution in [0, 0.1) is 10.1 Å². The molecular weight excluding hydrogens is 298 g/mol. The van der Waals surface area contributed by atoms with E-state index < -0.39 is 39.8 Å². The second-order valence-electron chi connectivity index (χ2n) is 4.02. The molecule has 20 heavy (non-hydrogen) atoms. The molecule has 1 aromatic carbocycles. The van der Waals surface area contributed by atoms with Gasteiger partial charge < -0.3 is 5.11 Å². The number of aliphatic hydroxyl groups excluding tert-OH is 1. The molecule has 0 aliphatic carbocycles. The summed E-state index contributed by atoms with van der Waals surface area (Å²) in [4.78, 5) is 9.77. The van der Waals surface area contributed by atoms with Crippen LogP contribution in [0.25, 0.3) is 0 Å². The zero-order valence-electron chi connectivity index (χ0n) is 10.1. The zero-order valence-corrected chi connectivity index (χ0v) is 10.9. The predicted octanol–water partition coefficient (Wildman–Crippen LogP) is 0.642. The minimum atomic E-state index is -4.02. The molecule has 0 spiro atoms. The van der Waals surface area contributed by atoms with E-state index in [0.717, 1.165) is 12.1 Å². The van der Waals surface area contributed by atoms with Gasteiger partial charge in [-0.1, -0.05) is 12.1 Å². The first-order valence-corrected chi connectivity index (χ1v) is 7.00. The molecule has 10 heteroatoms. The highest BCUT2D eigenvalue weighted by Crippen LogP contribution is 2.15. The number of nitrogens with one attached hydrogen (secondary N) is 1. The van der Waals surface area contributed by atoms with Crippen LogP contribution >= 0.6 is 0 Å². The van der Waals surface area contributed by atoms with Crippen LogP contribution in [0.15, 0.2) is 24.3 Å². The number of hydrogen-bond donors (Lipinski definition) is 2. The molecule has 1 aromatic rings. The first kappa shape index (κ1) is 16.4. The normalized spacial score (nSPS) is 12.3. The van der Waals surface area contributed by atoms with Crippen LogP contribution in [0.4, 0.5) is 14.5 Å². The van der Waals surface area contributed by atoms with Gasteiger partial charge in [-0.15, -0.1) is 0 Å². The average Bonchev–Trinajstić information content (AvgIpc) is 2.37. The number of sulfonamides is 1. The topological polar surface area (TPSA) is 110 Å².